The standard InChI is InChI=1S/C17H16N4O/c18-8-12-22-15-7-11-21-17(14-6-2-4-10-20-14)16(15)13-5-1-3-9-19-13/h1-7,9-11H,8,12,18H2. The number of aromatic nitrogens is 3. The van der Waals surface area contributed by atoms with Gasteiger partial charge in [0.1, 0.15) is 18.1 Å². The third-order valence-electron chi connectivity index (χ3n) is 3.12. The minimum atomic E-state index is 0.436. The van der Waals surface area contributed by atoms with Crippen LogP contribution in [0.2, 0.25) is 0 Å². The fourth-order valence-electron chi connectivity index (χ4n) is 2.19. The fraction of sp³-hybridized carbons (Fsp3) is 0.118. The SMILES string of the molecule is NCCOc1ccnc(-c2ccccn2)c1-c1ccccn1. The first kappa shape index (κ1) is 14.2. The van der Waals surface area contributed by atoms with Gasteiger partial charge in [-0.1, -0.05) is 12.1 Å². The largest absolute Gasteiger partial charge is 0.491 e. The maximum atomic E-state index is 5.77. The van der Waals surface area contributed by atoms with Crippen molar-refractivity contribution >= 4 is 0 Å². The summed E-state index contributed by atoms with van der Waals surface area (Å²) >= 11 is 0. The average molecular weight is 292 g/mol. The van der Waals surface area contributed by atoms with Gasteiger partial charge in [-0.2, -0.15) is 0 Å². The van der Waals surface area contributed by atoms with Crippen LogP contribution in [-0.4, -0.2) is 28.1 Å². The van der Waals surface area contributed by atoms with E-state index in [0.717, 1.165) is 22.6 Å². The van der Waals surface area contributed by atoms with Gasteiger partial charge in [0.25, 0.3) is 0 Å². The molecule has 2 N–H and O–H groups in total. The van der Waals surface area contributed by atoms with Crippen LogP contribution in [-0.2, 0) is 0 Å². The van der Waals surface area contributed by atoms with E-state index in [2.05, 4.69) is 15.0 Å². The molecule has 0 saturated carbocycles. The number of pyridine rings is 3. The van der Waals surface area contributed by atoms with Gasteiger partial charge in [0.2, 0.25) is 0 Å². The van der Waals surface area contributed by atoms with Crippen LogP contribution in [0, 0.1) is 0 Å². The minimum Gasteiger partial charge on any atom is -0.491 e. The molecule has 3 heterocycles. The van der Waals surface area contributed by atoms with Crippen LogP contribution >= 0.6 is 0 Å². The summed E-state index contributed by atoms with van der Waals surface area (Å²) in [5, 5.41) is 0. The van der Waals surface area contributed by atoms with Gasteiger partial charge in [0.05, 0.1) is 17.0 Å². The number of hydrogen-bond donors (Lipinski definition) is 1. The zero-order valence-electron chi connectivity index (χ0n) is 12.0. The highest BCUT2D eigenvalue weighted by Crippen LogP contribution is 2.35. The van der Waals surface area contributed by atoms with Crippen LogP contribution in [0.1, 0.15) is 0 Å². The van der Waals surface area contributed by atoms with Gasteiger partial charge in [-0.3, -0.25) is 15.0 Å². The third kappa shape index (κ3) is 2.94. The van der Waals surface area contributed by atoms with Crippen LogP contribution in [0.4, 0.5) is 0 Å². The Kier molecular flexibility index (Phi) is 4.36. The molecule has 3 aromatic rings. The highest BCUT2D eigenvalue weighted by molar-refractivity contribution is 5.81. The summed E-state index contributed by atoms with van der Waals surface area (Å²) in [5.74, 6) is 0.708. The molecule has 3 rings (SSSR count). The summed E-state index contributed by atoms with van der Waals surface area (Å²) in [6.45, 7) is 0.883. The van der Waals surface area contributed by atoms with Crippen molar-refractivity contribution in [2.24, 2.45) is 5.73 Å². The molecule has 0 spiro atoms. The van der Waals surface area contributed by atoms with E-state index in [9.17, 15) is 0 Å². The first-order valence-corrected chi connectivity index (χ1v) is 7.05. The second-order valence-corrected chi connectivity index (χ2v) is 4.60. The Balaban J connectivity index is 2.17. The van der Waals surface area contributed by atoms with Crippen molar-refractivity contribution in [1.29, 1.82) is 0 Å². The quantitative estimate of drug-likeness (QED) is 0.782. The van der Waals surface area contributed by atoms with E-state index in [1.165, 1.54) is 0 Å². The molecule has 0 fully saturated rings. The molecule has 0 aliphatic rings. The van der Waals surface area contributed by atoms with Gasteiger partial charge in [0, 0.05) is 25.1 Å². The summed E-state index contributed by atoms with van der Waals surface area (Å²) in [4.78, 5) is 13.3. The summed E-state index contributed by atoms with van der Waals surface area (Å²) in [6.07, 6.45) is 5.20. The van der Waals surface area contributed by atoms with Gasteiger partial charge >= 0.3 is 0 Å². The molecule has 5 nitrogen and oxygen atoms in total. The maximum Gasteiger partial charge on any atom is 0.132 e. The highest BCUT2D eigenvalue weighted by atomic mass is 16.5. The Labute approximate surface area is 128 Å². The van der Waals surface area contributed by atoms with Crippen molar-refractivity contribution in [3.8, 4) is 28.4 Å². The molecule has 5 heteroatoms. The van der Waals surface area contributed by atoms with Crippen molar-refractivity contribution in [3.63, 3.8) is 0 Å². The molecule has 3 aromatic heterocycles. The lowest BCUT2D eigenvalue weighted by Crippen LogP contribution is -2.11. The molecule has 0 amide bonds. The van der Waals surface area contributed by atoms with Crippen molar-refractivity contribution < 1.29 is 4.74 Å². The van der Waals surface area contributed by atoms with Crippen molar-refractivity contribution in [2.75, 3.05) is 13.2 Å². The van der Waals surface area contributed by atoms with Crippen LogP contribution in [0.5, 0.6) is 5.75 Å². The van der Waals surface area contributed by atoms with E-state index in [4.69, 9.17) is 10.5 Å². The molecular weight excluding hydrogens is 276 g/mol. The number of ether oxygens (including phenoxy) is 1. The third-order valence-corrected chi connectivity index (χ3v) is 3.12. The van der Waals surface area contributed by atoms with Gasteiger partial charge in [-0.05, 0) is 30.3 Å². The van der Waals surface area contributed by atoms with Crippen molar-refractivity contribution in [1.82, 2.24) is 15.0 Å². The molecule has 0 atom stereocenters. The summed E-state index contributed by atoms with van der Waals surface area (Å²) in [7, 11) is 0. The lowest BCUT2D eigenvalue weighted by Gasteiger charge is -2.14. The fourth-order valence-corrected chi connectivity index (χ4v) is 2.19. The Hall–Kier alpha value is -2.79. The van der Waals surface area contributed by atoms with Crippen LogP contribution in [0.25, 0.3) is 22.6 Å². The predicted octanol–water partition coefficient (Wildman–Crippen LogP) is 2.54. The van der Waals surface area contributed by atoms with Gasteiger partial charge in [-0.25, -0.2) is 0 Å². The summed E-state index contributed by atoms with van der Waals surface area (Å²) in [5.41, 5.74) is 8.69. The van der Waals surface area contributed by atoms with Crippen molar-refractivity contribution in [3.05, 3.63) is 61.1 Å². The van der Waals surface area contributed by atoms with E-state index >= 15 is 0 Å². The lowest BCUT2D eigenvalue weighted by molar-refractivity contribution is 0.329. The first-order chi connectivity index (χ1) is 10.9. The van der Waals surface area contributed by atoms with Crippen molar-refractivity contribution in [2.45, 2.75) is 0 Å². The molecular formula is C17H16N4O. The smallest absolute Gasteiger partial charge is 0.132 e. The highest BCUT2D eigenvalue weighted by Gasteiger charge is 2.16. The number of nitrogens with two attached hydrogens (primary N) is 1. The van der Waals surface area contributed by atoms with Crippen LogP contribution in [0.3, 0.4) is 0 Å². The summed E-state index contributed by atoms with van der Waals surface area (Å²) in [6, 6.07) is 13.3. The summed E-state index contributed by atoms with van der Waals surface area (Å²) < 4.78 is 5.77. The average Bonchev–Trinajstić information content (AvgIpc) is 2.61. The molecule has 22 heavy (non-hydrogen) atoms. The molecule has 0 aliphatic heterocycles. The topological polar surface area (TPSA) is 73.9 Å². The Morgan fingerprint density at radius 3 is 2.18 bits per heavy atom. The minimum absolute atomic E-state index is 0.436. The molecule has 0 saturated heterocycles. The van der Waals surface area contributed by atoms with Gasteiger partial charge in [0.15, 0.2) is 0 Å². The van der Waals surface area contributed by atoms with Crippen LogP contribution < -0.4 is 10.5 Å². The number of nitrogens with zero attached hydrogens (tertiary/aromatic N) is 3. The van der Waals surface area contributed by atoms with E-state index in [1.54, 1.807) is 18.6 Å². The molecule has 0 aliphatic carbocycles. The van der Waals surface area contributed by atoms with Gasteiger partial charge in [-0.15, -0.1) is 0 Å². The molecule has 0 aromatic carbocycles. The second kappa shape index (κ2) is 6.78. The normalized spacial score (nSPS) is 10.4. The van der Waals surface area contributed by atoms with E-state index in [0.29, 0.717) is 18.9 Å². The first-order valence-electron chi connectivity index (χ1n) is 7.05. The number of hydrogen-bond acceptors (Lipinski definition) is 5. The maximum absolute atomic E-state index is 5.77. The van der Waals surface area contributed by atoms with E-state index in [-0.39, 0.29) is 0 Å². The van der Waals surface area contributed by atoms with Gasteiger partial charge < -0.3 is 10.5 Å². The molecule has 0 bridgehead atoms. The Bertz CT molecular complexity index is 732. The molecule has 110 valence electrons. The zero-order valence-corrected chi connectivity index (χ0v) is 12.0. The van der Waals surface area contributed by atoms with E-state index in [1.807, 2.05) is 42.5 Å². The molecule has 0 radical (unpaired) electrons. The Morgan fingerprint density at radius 2 is 1.55 bits per heavy atom. The monoisotopic (exact) mass is 292 g/mol. The lowest BCUT2D eigenvalue weighted by atomic mass is 10.1. The van der Waals surface area contributed by atoms with Crippen LogP contribution in [0.15, 0.2) is 61.1 Å². The predicted molar refractivity (Wildman–Crippen MR) is 85.2 cm³/mol. The Morgan fingerprint density at radius 1 is 0.818 bits per heavy atom. The van der Waals surface area contributed by atoms with E-state index < -0.39 is 0 Å². The second-order valence-electron chi connectivity index (χ2n) is 4.60. The molecule has 0 unspecified atom stereocenters. The number of rotatable bonds is 5. The zero-order chi connectivity index (χ0) is 15.2.